The average Bonchev–Trinajstić information content (AvgIpc) is 3.21. The van der Waals surface area contributed by atoms with E-state index in [1.165, 1.54) is 16.9 Å². The number of benzene rings is 1. The van der Waals surface area contributed by atoms with Crippen LogP contribution < -0.4 is 10.1 Å². The molecule has 0 bridgehead atoms. The van der Waals surface area contributed by atoms with Crippen molar-refractivity contribution in [3.8, 4) is 5.75 Å². The van der Waals surface area contributed by atoms with Gasteiger partial charge in [0.25, 0.3) is 0 Å². The molecule has 6 nitrogen and oxygen atoms in total. The van der Waals surface area contributed by atoms with Crippen molar-refractivity contribution in [2.75, 3.05) is 18.9 Å². The number of hydrogen-bond donors (Lipinski definition) is 1. The van der Waals surface area contributed by atoms with Crippen LogP contribution in [0, 0.1) is 0 Å². The number of ether oxygens (including phenoxy) is 1. The van der Waals surface area contributed by atoms with Gasteiger partial charge in [0, 0.05) is 18.9 Å². The highest BCUT2D eigenvalue weighted by Gasteiger charge is 2.26. The first-order chi connectivity index (χ1) is 11.9. The van der Waals surface area contributed by atoms with Crippen LogP contribution in [0.4, 0.5) is 9.93 Å². The Kier molecular flexibility index (Phi) is 4.94. The predicted octanol–water partition coefficient (Wildman–Crippen LogP) is 3.69. The van der Waals surface area contributed by atoms with Gasteiger partial charge in [-0.1, -0.05) is 50.3 Å². The molecule has 0 saturated heterocycles. The Balaban J connectivity index is 1.55. The minimum atomic E-state index is -0.198. The van der Waals surface area contributed by atoms with Crippen molar-refractivity contribution in [1.29, 1.82) is 0 Å². The van der Waals surface area contributed by atoms with Gasteiger partial charge in [0.1, 0.15) is 16.9 Å². The van der Waals surface area contributed by atoms with E-state index in [1.807, 2.05) is 18.2 Å². The van der Waals surface area contributed by atoms with E-state index in [0.717, 1.165) is 23.6 Å². The van der Waals surface area contributed by atoms with Crippen LogP contribution in [0.1, 0.15) is 37.8 Å². The van der Waals surface area contributed by atoms with Crippen LogP contribution >= 0.6 is 11.3 Å². The lowest BCUT2D eigenvalue weighted by Gasteiger charge is -2.21. The summed E-state index contributed by atoms with van der Waals surface area (Å²) in [7, 11) is 1.76. The molecule has 0 radical (unpaired) electrons. The lowest BCUT2D eigenvalue weighted by molar-refractivity contribution is 0.172. The molecular formula is C18H24N4O2S. The number of anilines is 1. The second-order valence-corrected chi connectivity index (χ2v) is 7.99. The number of nitrogens with one attached hydrogen (secondary N) is 1. The van der Waals surface area contributed by atoms with Gasteiger partial charge in [0.15, 0.2) is 0 Å². The van der Waals surface area contributed by atoms with Gasteiger partial charge in [-0.2, -0.15) is 0 Å². The van der Waals surface area contributed by atoms with Crippen LogP contribution in [-0.4, -0.2) is 40.8 Å². The first-order valence-corrected chi connectivity index (χ1v) is 9.31. The molecule has 0 aliphatic carbocycles. The molecule has 0 spiro atoms. The Morgan fingerprint density at radius 1 is 1.40 bits per heavy atom. The third-order valence-electron chi connectivity index (χ3n) is 4.64. The Hall–Kier alpha value is -2.15. The summed E-state index contributed by atoms with van der Waals surface area (Å²) in [6.07, 6.45) is 1.77. The molecule has 2 heterocycles. The first-order valence-electron chi connectivity index (χ1n) is 8.49. The molecule has 1 N–H and O–H groups in total. The van der Waals surface area contributed by atoms with Crippen molar-refractivity contribution in [1.82, 2.24) is 15.1 Å². The summed E-state index contributed by atoms with van der Waals surface area (Å²) in [5, 5.41) is 12.6. The van der Waals surface area contributed by atoms with Gasteiger partial charge in [-0.25, -0.2) is 4.79 Å². The van der Waals surface area contributed by atoms with E-state index < -0.39 is 0 Å². The SMILES string of the molecule is CCC(C)(C)c1nnc(NC(=O)N(C)C[C@@H]2Cc3ccccc3O2)s1. The van der Waals surface area contributed by atoms with Crippen LogP contribution in [0.3, 0.4) is 0 Å². The topological polar surface area (TPSA) is 67.4 Å². The van der Waals surface area contributed by atoms with Gasteiger partial charge in [0.05, 0.1) is 6.54 Å². The number of likely N-dealkylation sites (N-methyl/N-ethyl adjacent to an activating group) is 1. The third kappa shape index (κ3) is 3.92. The monoisotopic (exact) mass is 360 g/mol. The molecule has 1 aromatic heterocycles. The summed E-state index contributed by atoms with van der Waals surface area (Å²) in [5.41, 5.74) is 1.16. The number of carbonyl (C=O) groups excluding carboxylic acids is 1. The second-order valence-electron chi connectivity index (χ2n) is 7.01. The van der Waals surface area contributed by atoms with Crippen molar-refractivity contribution in [2.24, 2.45) is 0 Å². The van der Waals surface area contributed by atoms with E-state index in [0.29, 0.717) is 11.7 Å². The van der Waals surface area contributed by atoms with Crippen LogP contribution in [0.15, 0.2) is 24.3 Å². The Labute approximate surface area is 152 Å². The van der Waals surface area contributed by atoms with E-state index in [9.17, 15) is 4.79 Å². The van der Waals surface area contributed by atoms with E-state index in [2.05, 4.69) is 42.4 Å². The van der Waals surface area contributed by atoms with Crippen molar-refractivity contribution in [3.05, 3.63) is 34.8 Å². The van der Waals surface area contributed by atoms with Gasteiger partial charge >= 0.3 is 6.03 Å². The zero-order valence-corrected chi connectivity index (χ0v) is 15.9. The number of amides is 2. The third-order valence-corrected chi connectivity index (χ3v) is 5.84. The van der Waals surface area contributed by atoms with E-state index >= 15 is 0 Å². The number of urea groups is 1. The molecule has 7 heteroatoms. The Morgan fingerprint density at radius 3 is 2.88 bits per heavy atom. The fourth-order valence-electron chi connectivity index (χ4n) is 2.63. The fraction of sp³-hybridized carbons (Fsp3) is 0.500. The van der Waals surface area contributed by atoms with Crippen molar-refractivity contribution >= 4 is 22.5 Å². The standard InChI is InChI=1S/C18H24N4O2S/c1-5-18(2,3)15-20-21-16(25-15)19-17(23)22(4)11-13-10-12-8-6-7-9-14(12)24-13/h6-9,13H,5,10-11H2,1-4H3,(H,19,21,23)/t13-/m0/s1. The molecule has 0 fully saturated rings. The molecule has 1 aliphatic rings. The zero-order valence-electron chi connectivity index (χ0n) is 15.1. The maximum absolute atomic E-state index is 12.4. The molecule has 1 aliphatic heterocycles. The van der Waals surface area contributed by atoms with Gasteiger partial charge in [-0.05, 0) is 18.1 Å². The number of fused-ring (bicyclic) bond motifs is 1. The van der Waals surface area contributed by atoms with Gasteiger partial charge in [-0.15, -0.1) is 10.2 Å². The summed E-state index contributed by atoms with van der Waals surface area (Å²) in [6, 6.07) is 7.80. The number of rotatable bonds is 5. The van der Waals surface area contributed by atoms with Crippen molar-refractivity contribution in [2.45, 2.75) is 45.1 Å². The molecule has 3 rings (SSSR count). The predicted molar refractivity (Wildman–Crippen MR) is 99.4 cm³/mol. The van der Waals surface area contributed by atoms with Crippen LogP contribution in [0.2, 0.25) is 0 Å². The molecule has 25 heavy (non-hydrogen) atoms. The fourth-order valence-corrected chi connectivity index (χ4v) is 3.53. The van der Waals surface area contributed by atoms with E-state index in [4.69, 9.17) is 4.74 Å². The molecule has 0 saturated carbocycles. The largest absolute Gasteiger partial charge is 0.488 e. The summed E-state index contributed by atoms with van der Waals surface area (Å²) < 4.78 is 5.89. The molecule has 1 aromatic carbocycles. The Bertz CT molecular complexity index is 734. The zero-order chi connectivity index (χ0) is 18.0. The second kappa shape index (κ2) is 7.00. The van der Waals surface area contributed by atoms with Crippen molar-refractivity contribution in [3.63, 3.8) is 0 Å². The highest BCUT2D eigenvalue weighted by Crippen LogP contribution is 2.31. The van der Waals surface area contributed by atoms with Crippen LogP contribution in [0.5, 0.6) is 5.75 Å². The van der Waals surface area contributed by atoms with Crippen molar-refractivity contribution < 1.29 is 9.53 Å². The molecule has 2 aromatic rings. The van der Waals surface area contributed by atoms with E-state index in [1.54, 1.807) is 11.9 Å². The highest BCUT2D eigenvalue weighted by molar-refractivity contribution is 7.15. The number of carbonyl (C=O) groups is 1. The quantitative estimate of drug-likeness (QED) is 0.883. The summed E-state index contributed by atoms with van der Waals surface area (Å²) in [6.45, 7) is 6.89. The van der Waals surface area contributed by atoms with Gasteiger partial charge < -0.3 is 9.64 Å². The molecule has 134 valence electrons. The normalized spacial score (nSPS) is 16.2. The first kappa shape index (κ1) is 17.7. The van der Waals surface area contributed by atoms with E-state index in [-0.39, 0.29) is 17.6 Å². The number of aromatic nitrogens is 2. The lowest BCUT2D eigenvalue weighted by Crippen LogP contribution is -2.38. The average molecular weight is 360 g/mol. The maximum atomic E-state index is 12.4. The summed E-state index contributed by atoms with van der Waals surface area (Å²) >= 11 is 1.43. The Morgan fingerprint density at radius 2 is 2.16 bits per heavy atom. The van der Waals surface area contributed by atoms with Gasteiger partial charge in [-0.3, -0.25) is 5.32 Å². The molecule has 1 atom stereocenters. The highest BCUT2D eigenvalue weighted by atomic mass is 32.1. The minimum absolute atomic E-state index is 0.0165. The number of para-hydroxylation sites is 1. The van der Waals surface area contributed by atoms with Crippen LogP contribution in [-0.2, 0) is 11.8 Å². The molecule has 2 amide bonds. The number of hydrogen-bond acceptors (Lipinski definition) is 5. The number of nitrogens with zero attached hydrogens (tertiary/aromatic N) is 3. The maximum Gasteiger partial charge on any atom is 0.323 e. The summed E-state index contributed by atoms with van der Waals surface area (Å²) in [5.74, 6) is 0.914. The smallest absolute Gasteiger partial charge is 0.323 e. The van der Waals surface area contributed by atoms with Gasteiger partial charge in [0.2, 0.25) is 5.13 Å². The molecular weight excluding hydrogens is 336 g/mol. The summed E-state index contributed by atoms with van der Waals surface area (Å²) in [4.78, 5) is 14.0. The van der Waals surface area contributed by atoms with Crippen LogP contribution in [0.25, 0.3) is 0 Å². The lowest BCUT2D eigenvalue weighted by atomic mass is 9.91. The molecule has 0 unspecified atom stereocenters. The minimum Gasteiger partial charge on any atom is -0.488 e.